The van der Waals surface area contributed by atoms with Crippen LogP contribution in [0, 0.1) is 19.7 Å². The first kappa shape index (κ1) is 29.3. The SMILES string of the molecule is Cc1ccc(S(=O)(=O)N(CC(=O)N(Cc2ccccc2C)[C@@H](C)C(=O)NC2CCCC2)c2ccc(F)cc2)cc1. The molecule has 0 aromatic heterocycles. The first-order chi connectivity index (χ1) is 19.1. The molecule has 1 fully saturated rings. The van der Waals surface area contributed by atoms with E-state index in [1.165, 1.54) is 29.2 Å². The third-order valence-electron chi connectivity index (χ3n) is 7.47. The van der Waals surface area contributed by atoms with Crippen LogP contribution in [-0.2, 0) is 26.2 Å². The van der Waals surface area contributed by atoms with Crippen LogP contribution in [-0.4, -0.2) is 43.8 Å². The smallest absolute Gasteiger partial charge is 0.264 e. The molecule has 0 saturated heterocycles. The van der Waals surface area contributed by atoms with Gasteiger partial charge in [-0.25, -0.2) is 12.8 Å². The highest BCUT2D eigenvalue weighted by atomic mass is 32.2. The minimum absolute atomic E-state index is 0.00713. The highest BCUT2D eigenvalue weighted by Crippen LogP contribution is 2.26. The summed E-state index contributed by atoms with van der Waals surface area (Å²) in [6.45, 7) is 5.01. The van der Waals surface area contributed by atoms with Gasteiger partial charge >= 0.3 is 0 Å². The van der Waals surface area contributed by atoms with Crippen molar-refractivity contribution in [3.8, 4) is 0 Å². The van der Waals surface area contributed by atoms with Crippen LogP contribution in [0.25, 0.3) is 0 Å². The molecule has 0 radical (unpaired) electrons. The number of anilines is 1. The summed E-state index contributed by atoms with van der Waals surface area (Å²) in [5.74, 6) is -1.35. The van der Waals surface area contributed by atoms with Crippen LogP contribution in [0.15, 0.2) is 77.7 Å². The summed E-state index contributed by atoms with van der Waals surface area (Å²) >= 11 is 0. The molecule has 1 atom stereocenters. The van der Waals surface area contributed by atoms with Crippen molar-refractivity contribution in [2.24, 2.45) is 0 Å². The summed E-state index contributed by atoms with van der Waals surface area (Å²) in [5, 5.41) is 3.06. The number of benzene rings is 3. The van der Waals surface area contributed by atoms with Gasteiger partial charge in [-0.3, -0.25) is 13.9 Å². The van der Waals surface area contributed by atoms with Gasteiger partial charge in [0.2, 0.25) is 11.8 Å². The Morgan fingerprint density at radius 3 is 2.20 bits per heavy atom. The lowest BCUT2D eigenvalue weighted by Crippen LogP contribution is -2.52. The van der Waals surface area contributed by atoms with E-state index < -0.39 is 34.3 Å². The van der Waals surface area contributed by atoms with Gasteiger partial charge in [0.25, 0.3) is 10.0 Å². The zero-order valence-electron chi connectivity index (χ0n) is 23.1. The molecular weight excluding hydrogens is 529 g/mol. The minimum atomic E-state index is -4.20. The van der Waals surface area contributed by atoms with E-state index in [1.54, 1.807) is 19.1 Å². The Hall–Kier alpha value is -3.72. The second-order valence-corrected chi connectivity index (χ2v) is 12.3. The Kier molecular flexibility index (Phi) is 9.25. The van der Waals surface area contributed by atoms with E-state index in [0.29, 0.717) is 0 Å². The van der Waals surface area contributed by atoms with Crippen molar-refractivity contribution in [1.29, 1.82) is 0 Å². The lowest BCUT2D eigenvalue weighted by molar-refractivity contribution is -0.139. The fourth-order valence-electron chi connectivity index (χ4n) is 4.92. The molecular formula is C31H36FN3O4S. The number of nitrogens with one attached hydrogen (secondary N) is 1. The molecule has 4 rings (SSSR count). The van der Waals surface area contributed by atoms with Crippen LogP contribution in [0.3, 0.4) is 0 Å². The molecule has 0 spiro atoms. The van der Waals surface area contributed by atoms with Crippen LogP contribution < -0.4 is 9.62 Å². The molecule has 0 heterocycles. The van der Waals surface area contributed by atoms with Gasteiger partial charge < -0.3 is 10.2 Å². The number of hydrogen-bond acceptors (Lipinski definition) is 4. The van der Waals surface area contributed by atoms with Crippen molar-refractivity contribution in [1.82, 2.24) is 10.2 Å². The number of aryl methyl sites for hydroxylation is 2. The molecule has 1 N–H and O–H groups in total. The maximum absolute atomic E-state index is 14.0. The molecule has 3 aromatic rings. The summed E-state index contributed by atoms with van der Waals surface area (Å²) in [5.41, 5.74) is 2.83. The van der Waals surface area contributed by atoms with Gasteiger partial charge in [-0.15, -0.1) is 0 Å². The van der Waals surface area contributed by atoms with Gasteiger partial charge in [0.15, 0.2) is 0 Å². The van der Waals surface area contributed by atoms with E-state index in [2.05, 4.69) is 5.32 Å². The maximum Gasteiger partial charge on any atom is 0.264 e. The van der Waals surface area contributed by atoms with Crippen LogP contribution >= 0.6 is 0 Å². The molecule has 1 aliphatic carbocycles. The van der Waals surface area contributed by atoms with Gasteiger partial charge in [0.1, 0.15) is 18.4 Å². The van der Waals surface area contributed by atoms with E-state index in [1.807, 2.05) is 38.1 Å². The van der Waals surface area contributed by atoms with E-state index >= 15 is 0 Å². The Bertz CT molecular complexity index is 1440. The van der Waals surface area contributed by atoms with Crippen LogP contribution in [0.5, 0.6) is 0 Å². The van der Waals surface area contributed by atoms with E-state index in [-0.39, 0.29) is 29.1 Å². The third kappa shape index (κ3) is 6.88. The average molecular weight is 566 g/mol. The predicted molar refractivity (Wildman–Crippen MR) is 154 cm³/mol. The molecule has 7 nitrogen and oxygen atoms in total. The number of hydrogen-bond donors (Lipinski definition) is 1. The van der Waals surface area contributed by atoms with Crippen LogP contribution in [0.1, 0.15) is 49.3 Å². The Labute approximate surface area is 236 Å². The molecule has 0 unspecified atom stereocenters. The summed E-state index contributed by atoms with van der Waals surface area (Å²) < 4.78 is 42.4. The highest BCUT2D eigenvalue weighted by molar-refractivity contribution is 7.92. The van der Waals surface area contributed by atoms with Crippen molar-refractivity contribution >= 4 is 27.5 Å². The standard InChI is InChI=1S/C31H36FN3O4S/c1-22-12-18-29(19-13-22)40(38,39)35(28-16-14-26(32)15-17-28)21-30(36)34(20-25-9-5-4-8-23(25)2)24(3)31(37)33-27-10-6-7-11-27/h4-5,8-9,12-19,24,27H,6-7,10-11,20-21H2,1-3H3,(H,33,37)/t24-/m0/s1. The molecule has 0 bridgehead atoms. The largest absolute Gasteiger partial charge is 0.352 e. The second kappa shape index (κ2) is 12.6. The molecule has 40 heavy (non-hydrogen) atoms. The van der Waals surface area contributed by atoms with E-state index in [4.69, 9.17) is 0 Å². The van der Waals surface area contributed by atoms with Crippen LogP contribution in [0.2, 0.25) is 0 Å². The van der Waals surface area contributed by atoms with Crippen molar-refractivity contribution in [2.75, 3.05) is 10.8 Å². The van der Waals surface area contributed by atoms with Crippen molar-refractivity contribution in [3.63, 3.8) is 0 Å². The summed E-state index contributed by atoms with van der Waals surface area (Å²) in [7, 11) is -4.20. The minimum Gasteiger partial charge on any atom is -0.352 e. The molecule has 0 aliphatic heterocycles. The van der Waals surface area contributed by atoms with Crippen LogP contribution in [0.4, 0.5) is 10.1 Å². The molecule has 1 aliphatic rings. The number of amides is 2. The summed E-state index contributed by atoms with van der Waals surface area (Å²) in [6.07, 6.45) is 3.90. The normalized spacial score (nSPS) is 14.5. The van der Waals surface area contributed by atoms with Gasteiger partial charge in [-0.05, 0) is 81.1 Å². The number of nitrogens with zero attached hydrogens (tertiary/aromatic N) is 2. The fourth-order valence-corrected chi connectivity index (χ4v) is 6.33. The monoisotopic (exact) mass is 565 g/mol. The predicted octanol–water partition coefficient (Wildman–Crippen LogP) is 5.11. The van der Waals surface area contributed by atoms with Crippen molar-refractivity contribution in [2.45, 2.75) is 70.0 Å². The zero-order chi connectivity index (χ0) is 28.9. The topological polar surface area (TPSA) is 86.8 Å². The summed E-state index contributed by atoms with van der Waals surface area (Å²) in [6, 6.07) is 18.1. The van der Waals surface area contributed by atoms with Crippen molar-refractivity contribution in [3.05, 3.63) is 95.3 Å². The molecule has 2 amide bonds. The van der Waals surface area contributed by atoms with E-state index in [0.717, 1.165) is 58.8 Å². The fraction of sp³-hybridized carbons (Fsp3) is 0.355. The average Bonchev–Trinajstić information content (AvgIpc) is 3.44. The van der Waals surface area contributed by atoms with Gasteiger partial charge in [-0.1, -0.05) is 54.8 Å². The maximum atomic E-state index is 14.0. The Morgan fingerprint density at radius 1 is 0.950 bits per heavy atom. The highest BCUT2D eigenvalue weighted by Gasteiger charge is 2.33. The first-order valence-corrected chi connectivity index (χ1v) is 15.0. The van der Waals surface area contributed by atoms with Gasteiger partial charge in [0, 0.05) is 12.6 Å². The molecule has 1 saturated carbocycles. The van der Waals surface area contributed by atoms with Crippen molar-refractivity contribution < 1.29 is 22.4 Å². The first-order valence-electron chi connectivity index (χ1n) is 13.6. The number of sulfonamides is 1. The van der Waals surface area contributed by atoms with E-state index in [9.17, 15) is 22.4 Å². The zero-order valence-corrected chi connectivity index (χ0v) is 24.0. The quantitative estimate of drug-likeness (QED) is 0.370. The molecule has 9 heteroatoms. The number of rotatable bonds is 10. The van der Waals surface area contributed by atoms with Gasteiger partial charge in [-0.2, -0.15) is 0 Å². The third-order valence-corrected chi connectivity index (χ3v) is 9.26. The number of halogens is 1. The Morgan fingerprint density at radius 2 is 1.57 bits per heavy atom. The Balaban J connectivity index is 1.69. The lowest BCUT2D eigenvalue weighted by atomic mass is 10.1. The second-order valence-electron chi connectivity index (χ2n) is 10.4. The number of carbonyl (C=O) groups is 2. The number of carbonyl (C=O) groups excluding carboxylic acids is 2. The molecule has 212 valence electrons. The molecule has 3 aromatic carbocycles. The van der Waals surface area contributed by atoms with Gasteiger partial charge in [0.05, 0.1) is 10.6 Å². The lowest BCUT2D eigenvalue weighted by Gasteiger charge is -2.32. The summed E-state index contributed by atoms with van der Waals surface area (Å²) in [4.78, 5) is 28.7.